The first-order valence-electron chi connectivity index (χ1n) is 33.1. The molecule has 0 spiro atoms. The standard InChI is InChI=1S/C68H127N2O7P/c1-7-10-13-16-19-22-25-27-29-31-32-33-34-35-36-37-38-39-41-43-46-49-52-55-58-61-68(72)77-66(59-56-53-50-47-44-24-21-18-15-12-9-3)65(64-76-78(73,74)75-63-62-70(4,5)6)69-67(71)60-57-54-51-48-45-42-40-30-28-26-23-20-17-14-11-8-2/h19,22,27,29-30,40,42,45,56,59,65-66H,7-18,20-21,23-26,28,31-39,41,43-44,46-55,57-58,60-64H2,1-6H3,(H-,69,71,73,74)/p+1/b22-19-,29-27-,40-30+,45-42+,59-56-. The number of ether oxygens (including phenoxy) is 1. The smallest absolute Gasteiger partial charge is 0.456 e. The molecule has 0 radical (unpaired) electrons. The predicted octanol–water partition coefficient (Wildman–Crippen LogP) is 20.6. The van der Waals surface area contributed by atoms with E-state index in [4.69, 9.17) is 13.8 Å². The number of quaternary nitrogens is 1. The summed E-state index contributed by atoms with van der Waals surface area (Å²) in [6.45, 7) is 6.98. The minimum atomic E-state index is -4.46. The van der Waals surface area contributed by atoms with E-state index in [9.17, 15) is 19.0 Å². The molecule has 0 aromatic heterocycles. The number of nitrogens with one attached hydrogen (secondary N) is 1. The molecule has 10 heteroatoms. The van der Waals surface area contributed by atoms with Crippen molar-refractivity contribution >= 4 is 19.7 Å². The third-order valence-corrected chi connectivity index (χ3v) is 15.7. The highest BCUT2D eigenvalue weighted by Crippen LogP contribution is 2.43. The monoisotopic (exact) mass is 1120 g/mol. The van der Waals surface area contributed by atoms with Crippen LogP contribution in [0, 0.1) is 0 Å². The van der Waals surface area contributed by atoms with Gasteiger partial charge >= 0.3 is 13.8 Å². The van der Waals surface area contributed by atoms with Gasteiger partial charge in [-0.15, -0.1) is 0 Å². The number of phosphoric ester groups is 1. The average molecular weight is 1120 g/mol. The maximum Gasteiger partial charge on any atom is 0.472 e. The average Bonchev–Trinajstić information content (AvgIpc) is 3.41. The van der Waals surface area contributed by atoms with Gasteiger partial charge in [-0.25, -0.2) is 4.57 Å². The van der Waals surface area contributed by atoms with Crippen molar-refractivity contribution in [2.24, 2.45) is 0 Å². The number of rotatable bonds is 60. The third kappa shape index (κ3) is 58.4. The summed E-state index contributed by atoms with van der Waals surface area (Å²) in [4.78, 5) is 37.7. The van der Waals surface area contributed by atoms with Crippen LogP contribution in [0.25, 0.3) is 0 Å². The van der Waals surface area contributed by atoms with E-state index in [0.29, 0.717) is 23.9 Å². The lowest BCUT2D eigenvalue weighted by Crippen LogP contribution is -2.47. The maximum absolute atomic E-state index is 13.5. The summed E-state index contributed by atoms with van der Waals surface area (Å²) in [5.41, 5.74) is 0. The Hall–Kier alpha value is -2.29. The summed E-state index contributed by atoms with van der Waals surface area (Å²) in [5.74, 6) is -0.528. The number of esters is 1. The van der Waals surface area contributed by atoms with Crippen molar-refractivity contribution in [1.82, 2.24) is 5.32 Å². The number of unbranched alkanes of at least 4 members (excludes halogenated alkanes) is 37. The van der Waals surface area contributed by atoms with Crippen LogP contribution in [0.2, 0.25) is 0 Å². The van der Waals surface area contributed by atoms with Crippen LogP contribution in [0.15, 0.2) is 60.8 Å². The lowest BCUT2D eigenvalue weighted by atomic mass is 10.0. The molecule has 78 heavy (non-hydrogen) atoms. The van der Waals surface area contributed by atoms with E-state index in [2.05, 4.69) is 74.7 Å². The molecular formula is C68H128N2O7P+. The molecule has 2 N–H and O–H groups in total. The van der Waals surface area contributed by atoms with Gasteiger partial charge in [-0.2, -0.15) is 0 Å². The lowest BCUT2D eigenvalue weighted by Gasteiger charge is -2.27. The Morgan fingerprint density at radius 1 is 0.462 bits per heavy atom. The van der Waals surface area contributed by atoms with Gasteiger partial charge in [-0.1, -0.05) is 268 Å². The number of likely N-dealkylation sites (N-methyl/N-ethyl adjacent to an activating group) is 1. The van der Waals surface area contributed by atoms with Crippen molar-refractivity contribution in [3.05, 3.63) is 60.8 Å². The van der Waals surface area contributed by atoms with E-state index in [1.54, 1.807) is 0 Å². The van der Waals surface area contributed by atoms with Gasteiger partial charge in [-0.3, -0.25) is 18.6 Å². The van der Waals surface area contributed by atoms with Crippen molar-refractivity contribution in [3.8, 4) is 0 Å². The number of hydrogen-bond donors (Lipinski definition) is 2. The molecule has 3 unspecified atom stereocenters. The largest absolute Gasteiger partial charge is 0.472 e. The van der Waals surface area contributed by atoms with Gasteiger partial charge in [0.2, 0.25) is 5.91 Å². The molecule has 0 saturated heterocycles. The first-order chi connectivity index (χ1) is 37.9. The van der Waals surface area contributed by atoms with E-state index in [-0.39, 0.29) is 31.5 Å². The van der Waals surface area contributed by atoms with Crippen molar-refractivity contribution in [2.45, 2.75) is 322 Å². The normalized spacial score (nSPS) is 14.0. The van der Waals surface area contributed by atoms with Gasteiger partial charge in [0.1, 0.15) is 19.3 Å². The van der Waals surface area contributed by atoms with Gasteiger partial charge in [0, 0.05) is 12.8 Å². The van der Waals surface area contributed by atoms with Gasteiger partial charge in [-0.05, 0) is 89.5 Å². The highest BCUT2D eigenvalue weighted by molar-refractivity contribution is 7.47. The summed E-state index contributed by atoms with van der Waals surface area (Å²) in [6.07, 6.45) is 73.8. The predicted molar refractivity (Wildman–Crippen MR) is 337 cm³/mol. The fourth-order valence-electron chi connectivity index (χ4n) is 9.55. The van der Waals surface area contributed by atoms with E-state index < -0.39 is 20.0 Å². The first kappa shape index (κ1) is 75.7. The fraction of sp³-hybridized carbons (Fsp3) is 0.824. The minimum absolute atomic E-state index is 0.0350. The van der Waals surface area contributed by atoms with Gasteiger partial charge in [0.25, 0.3) is 0 Å². The molecule has 0 aliphatic carbocycles. The van der Waals surface area contributed by atoms with Crippen molar-refractivity contribution in [3.63, 3.8) is 0 Å². The van der Waals surface area contributed by atoms with E-state index in [0.717, 1.165) is 70.6 Å². The van der Waals surface area contributed by atoms with Crippen LogP contribution >= 0.6 is 7.82 Å². The summed E-state index contributed by atoms with van der Waals surface area (Å²) >= 11 is 0. The molecule has 3 atom stereocenters. The number of nitrogens with zero attached hydrogens (tertiary/aromatic N) is 1. The van der Waals surface area contributed by atoms with Gasteiger partial charge in [0.05, 0.1) is 33.8 Å². The molecule has 456 valence electrons. The number of hydrogen-bond acceptors (Lipinski definition) is 6. The molecular weight excluding hydrogens is 988 g/mol. The maximum atomic E-state index is 13.5. The molecule has 0 aromatic rings. The second-order valence-electron chi connectivity index (χ2n) is 23.7. The summed E-state index contributed by atoms with van der Waals surface area (Å²) in [6, 6.07) is -0.862. The Bertz CT molecular complexity index is 1520. The Morgan fingerprint density at radius 2 is 0.821 bits per heavy atom. The molecule has 0 rings (SSSR count). The molecule has 0 heterocycles. The Kier molecular flexibility index (Phi) is 56.2. The third-order valence-electron chi connectivity index (χ3n) is 14.7. The number of amides is 1. The molecule has 0 fully saturated rings. The van der Waals surface area contributed by atoms with Crippen LogP contribution in [0.3, 0.4) is 0 Å². The summed E-state index contributed by atoms with van der Waals surface area (Å²) in [5, 5.41) is 3.04. The van der Waals surface area contributed by atoms with Crippen molar-refractivity contribution in [2.75, 3.05) is 40.9 Å². The number of carbonyl (C=O) groups is 2. The zero-order valence-electron chi connectivity index (χ0n) is 52.2. The van der Waals surface area contributed by atoms with Crippen LogP contribution < -0.4 is 5.32 Å². The molecule has 0 saturated carbocycles. The number of carbonyl (C=O) groups excluding carboxylic acids is 2. The first-order valence-corrected chi connectivity index (χ1v) is 34.6. The molecule has 0 aliphatic rings. The quantitative estimate of drug-likeness (QED) is 0.0156. The van der Waals surface area contributed by atoms with Crippen molar-refractivity contribution < 1.29 is 37.3 Å². The number of phosphoric acid groups is 1. The molecule has 0 aliphatic heterocycles. The Balaban J connectivity index is 5.08. The lowest BCUT2D eigenvalue weighted by molar-refractivity contribution is -0.870. The van der Waals surface area contributed by atoms with Crippen LogP contribution in [0.4, 0.5) is 0 Å². The Morgan fingerprint density at radius 3 is 1.27 bits per heavy atom. The molecule has 0 aromatic carbocycles. The van der Waals surface area contributed by atoms with Gasteiger partial charge < -0.3 is 19.4 Å². The van der Waals surface area contributed by atoms with Crippen LogP contribution in [0.5, 0.6) is 0 Å². The van der Waals surface area contributed by atoms with E-state index in [1.807, 2.05) is 33.3 Å². The highest BCUT2D eigenvalue weighted by Gasteiger charge is 2.30. The topological polar surface area (TPSA) is 111 Å². The SMILES string of the molecule is CCCCC/C=C\C/C=C\CCCCCCCCCCCCCCCCCC(=O)OC(/C=C\CCCCCCCCCCC)C(COP(=O)(O)OCC[N+](C)(C)C)NC(=O)CCCCC/C=C/C=C/CCCCCCCCC. The molecule has 9 nitrogen and oxygen atoms in total. The van der Waals surface area contributed by atoms with Crippen molar-refractivity contribution in [1.29, 1.82) is 0 Å². The molecule has 0 bridgehead atoms. The fourth-order valence-corrected chi connectivity index (χ4v) is 10.3. The second kappa shape index (κ2) is 57.9. The van der Waals surface area contributed by atoms with E-state index >= 15 is 0 Å². The molecule has 1 amide bonds. The van der Waals surface area contributed by atoms with Crippen LogP contribution in [-0.4, -0.2) is 74.3 Å². The van der Waals surface area contributed by atoms with Crippen LogP contribution in [-0.2, 0) is 27.9 Å². The Labute approximate surface area is 483 Å². The summed E-state index contributed by atoms with van der Waals surface area (Å²) in [7, 11) is 1.48. The van der Waals surface area contributed by atoms with Crippen LogP contribution in [0.1, 0.15) is 310 Å². The highest BCUT2D eigenvalue weighted by atomic mass is 31.2. The van der Waals surface area contributed by atoms with Gasteiger partial charge in [0.15, 0.2) is 0 Å². The zero-order chi connectivity index (χ0) is 57.2. The second-order valence-corrected chi connectivity index (χ2v) is 25.1. The minimum Gasteiger partial charge on any atom is -0.456 e. The summed E-state index contributed by atoms with van der Waals surface area (Å²) < 4.78 is 30.7. The van der Waals surface area contributed by atoms with E-state index in [1.165, 1.54) is 199 Å². The zero-order valence-corrected chi connectivity index (χ0v) is 53.1. The number of allylic oxidation sites excluding steroid dienone is 9.